The molecule has 0 unspecified atom stereocenters. The van der Waals surface area contributed by atoms with Crippen molar-refractivity contribution in [2.24, 2.45) is 0 Å². The van der Waals surface area contributed by atoms with Crippen LogP contribution >= 0.6 is 11.6 Å². The normalized spacial score (nSPS) is 14.0. The molecule has 11 nitrogen and oxygen atoms in total. The number of imide groups is 1. The van der Waals surface area contributed by atoms with Crippen LogP contribution in [0.5, 0.6) is 17.2 Å². The van der Waals surface area contributed by atoms with Crippen molar-refractivity contribution in [2.75, 3.05) is 45.4 Å². The number of fused-ring (bicyclic) bond motifs is 1. The van der Waals surface area contributed by atoms with Crippen molar-refractivity contribution in [2.45, 2.75) is 26.1 Å². The van der Waals surface area contributed by atoms with E-state index in [1.54, 1.807) is 43.5 Å². The Labute approximate surface area is 283 Å². The van der Waals surface area contributed by atoms with Crippen molar-refractivity contribution in [3.63, 3.8) is 0 Å². The van der Waals surface area contributed by atoms with Gasteiger partial charge in [-0.05, 0) is 80.5 Å². The maximum atomic E-state index is 13.3. The number of ether oxygens (including phenoxy) is 4. The molecular weight excluding hydrogens is 638 g/mol. The topological polar surface area (TPSA) is 121 Å². The predicted octanol–water partition coefficient (Wildman–Crippen LogP) is 7.30. The lowest BCUT2D eigenvalue weighted by molar-refractivity contribution is -0.384. The lowest BCUT2D eigenvalue weighted by atomic mass is 10.1. The van der Waals surface area contributed by atoms with Gasteiger partial charge in [0, 0.05) is 49.0 Å². The maximum Gasteiger partial charge on any atom is 0.269 e. The Morgan fingerprint density at radius 3 is 2.21 bits per heavy atom. The quantitative estimate of drug-likeness (QED) is 0.0867. The maximum absolute atomic E-state index is 13.3. The van der Waals surface area contributed by atoms with E-state index in [1.807, 2.05) is 30.3 Å². The van der Waals surface area contributed by atoms with Crippen LogP contribution in [0.3, 0.4) is 0 Å². The largest absolute Gasteiger partial charge is 0.492 e. The minimum Gasteiger partial charge on any atom is -0.492 e. The number of non-ortho nitro benzene ring substituents is 1. The number of methoxy groups -OCH3 is 2. The molecule has 2 aliphatic rings. The summed E-state index contributed by atoms with van der Waals surface area (Å²) >= 11 is 5.78. The summed E-state index contributed by atoms with van der Waals surface area (Å²) < 4.78 is 22.1. The molecule has 1 saturated heterocycles. The van der Waals surface area contributed by atoms with Gasteiger partial charge in [-0.3, -0.25) is 24.6 Å². The molecule has 0 spiro atoms. The second-order valence-corrected chi connectivity index (χ2v) is 11.6. The number of nitrogens with zero attached hydrogens (tertiary/aromatic N) is 3. The highest BCUT2D eigenvalue weighted by atomic mass is 35.5. The highest BCUT2D eigenvalue weighted by Gasteiger charge is 2.37. The van der Waals surface area contributed by atoms with Crippen molar-refractivity contribution in [3.8, 4) is 17.2 Å². The molecule has 4 aromatic rings. The fraction of sp³-hybridized carbons (Fsp3) is 0.278. The van der Waals surface area contributed by atoms with E-state index in [4.69, 9.17) is 30.5 Å². The molecule has 0 atom stereocenters. The minimum atomic E-state index is -0.463. The molecule has 2 aliphatic heterocycles. The molecule has 12 heteroatoms. The molecule has 6 rings (SSSR count). The zero-order chi connectivity index (χ0) is 34.0. The lowest BCUT2D eigenvalue weighted by Gasteiger charge is -2.19. The Bertz CT molecular complexity index is 1760. The summed E-state index contributed by atoms with van der Waals surface area (Å²) in [6, 6.07) is 23.9. The van der Waals surface area contributed by atoms with Gasteiger partial charge in [0.15, 0.2) is 0 Å². The van der Waals surface area contributed by atoms with Gasteiger partial charge >= 0.3 is 0 Å². The first-order chi connectivity index (χ1) is 23.3. The number of carbonyl (C=O) groups excluding carboxylic acids is 2. The van der Waals surface area contributed by atoms with E-state index in [2.05, 4.69) is 4.90 Å². The number of rotatable bonds is 12. The van der Waals surface area contributed by atoms with Gasteiger partial charge < -0.3 is 18.9 Å². The Kier molecular flexibility index (Phi) is 11.8. The van der Waals surface area contributed by atoms with Gasteiger partial charge in [0.25, 0.3) is 17.5 Å². The van der Waals surface area contributed by atoms with Crippen LogP contribution in [0.2, 0.25) is 5.02 Å². The van der Waals surface area contributed by atoms with Gasteiger partial charge in [0.1, 0.15) is 23.9 Å². The average molecular weight is 674 g/mol. The van der Waals surface area contributed by atoms with E-state index in [1.165, 1.54) is 43.1 Å². The summed E-state index contributed by atoms with van der Waals surface area (Å²) in [5.74, 6) is 1.12. The molecule has 250 valence electrons. The first kappa shape index (κ1) is 34.5. The Morgan fingerprint density at radius 2 is 1.50 bits per heavy atom. The smallest absolute Gasteiger partial charge is 0.269 e. The minimum absolute atomic E-state index is 0.0245. The Hall–Kier alpha value is -4.81. The molecule has 0 radical (unpaired) electrons. The van der Waals surface area contributed by atoms with Crippen LogP contribution in [-0.2, 0) is 22.7 Å². The first-order valence-electron chi connectivity index (χ1n) is 15.4. The van der Waals surface area contributed by atoms with Crippen molar-refractivity contribution < 1.29 is 33.5 Å². The third-order valence-corrected chi connectivity index (χ3v) is 8.21. The zero-order valence-electron chi connectivity index (χ0n) is 26.7. The van der Waals surface area contributed by atoms with Gasteiger partial charge in [0.05, 0.1) is 35.0 Å². The van der Waals surface area contributed by atoms with Crippen LogP contribution in [-0.4, -0.2) is 62.1 Å². The van der Waals surface area contributed by atoms with Gasteiger partial charge in [-0.1, -0.05) is 29.8 Å². The molecule has 2 heterocycles. The van der Waals surface area contributed by atoms with E-state index in [-0.39, 0.29) is 24.1 Å². The molecule has 0 bridgehead atoms. The molecule has 4 aromatic carbocycles. The van der Waals surface area contributed by atoms with Crippen molar-refractivity contribution in [1.29, 1.82) is 0 Å². The van der Waals surface area contributed by atoms with E-state index in [0.717, 1.165) is 25.2 Å². The monoisotopic (exact) mass is 673 g/mol. The van der Waals surface area contributed by atoms with Gasteiger partial charge in [-0.25, -0.2) is 4.90 Å². The lowest BCUT2D eigenvalue weighted by Crippen LogP contribution is -2.29. The second kappa shape index (κ2) is 16.3. The molecule has 1 fully saturated rings. The van der Waals surface area contributed by atoms with Crippen LogP contribution in [0.4, 0.5) is 11.4 Å². The number of halogens is 1. The molecule has 0 N–H and O–H groups in total. The number of carbonyl (C=O) groups is 2. The SMILES string of the molecule is COCc1cc(N2C(=O)c3ccc(Oc4ccccc4)cc3C2=O)ccc1OCCN1CCCC1.COCc1cc([N+](=O)[O-])ccc1Cl. The summed E-state index contributed by atoms with van der Waals surface area (Å²) in [7, 11) is 3.12. The van der Waals surface area contributed by atoms with Gasteiger partial charge in [-0.15, -0.1) is 0 Å². The first-order valence-corrected chi connectivity index (χ1v) is 15.8. The molecule has 0 saturated carbocycles. The third-order valence-electron chi connectivity index (χ3n) is 7.84. The summed E-state index contributed by atoms with van der Waals surface area (Å²) in [5.41, 5.74) is 2.60. The van der Waals surface area contributed by atoms with Crippen LogP contribution in [0, 0.1) is 10.1 Å². The summed E-state index contributed by atoms with van der Waals surface area (Å²) in [4.78, 5) is 39.9. The van der Waals surface area contributed by atoms with Gasteiger partial charge in [-0.2, -0.15) is 0 Å². The summed E-state index contributed by atoms with van der Waals surface area (Å²) in [5, 5.41) is 10.9. The van der Waals surface area contributed by atoms with Crippen molar-refractivity contribution >= 4 is 34.8 Å². The molecule has 0 aliphatic carbocycles. The van der Waals surface area contributed by atoms with Crippen LogP contribution < -0.4 is 14.4 Å². The van der Waals surface area contributed by atoms with E-state index in [9.17, 15) is 19.7 Å². The van der Waals surface area contributed by atoms with Gasteiger partial charge in [0.2, 0.25) is 0 Å². The number of nitro benzene ring substituents is 1. The van der Waals surface area contributed by atoms with Crippen LogP contribution in [0.15, 0.2) is 84.9 Å². The van der Waals surface area contributed by atoms with E-state index >= 15 is 0 Å². The Balaban J connectivity index is 0.000000292. The Morgan fingerprint density at radius 1 is 0.792 bits per heavy atom. The zero-order valence-corrected chi connectivity index (χ0v) is 27.5. The fourth-order valence-electron chi connectivity index (χ4n) is 5.49. The number of amides is 2. The number of para-hydroxylation sites is 1. The van der Waals surface area contributed by atoms with Crippen molar-refractivity contribution in [1.82, 2.24) is 4.90 Å². The summed E-state index contributed by atoms with van der Waals surface area (Å²) in [6.45, 7) is 4.27. The molecule has 2 amide bonds. The molecule has 48 heavy (non-hydrogen) atoms. The van der Waals surface area contributed by atoms with E-state index in [0.29, 0.717) is 57.9 Å². The van der Waals surface area contributed by atoms with Crippen LogP contribution in [0.25, 0.3) is 0 Å². The number of anilines is 1. The van der Waals surface area contributed by atoms with Crippen molar-refractivity contribution in [3.05, 3.63) is 122 Å². The molecule has 0 aromatic heterocycles. The number of likely N-dealkylation sites (tertiary alicyclic amines) is 1. The standard InChI is InChI=1S/C28H28N2O5.C8H8ClNO3/c1-33-19-20-17-21(9-12-26(20)34-16-15-29-13-5-6-14-29)30-27(31)24-11-10-23(18-25(24)28(30)32)35-22-7-3-2-4-8-22;1-13-5-6-4-7(10(11)12)2-3-8(6)9/h2-4,7-12,17-18H,5-6,13-16,19H2,1H3;2-4H,5H2,1H3. The average Bonchev–Trinajstić information content (AvgIpc) is 3.69. The summed E-state index contributed by atoms with van der Waals surface area (Å²) in [6.07, 6.45) is 2.48. The van der Waals surface area contributed by atoms with E-state index < -0.39 is 4.92 Å². The second-order valence-electron chi connectivity index (χ2n) is 11.2. The number of benzene rings is 4. The van der Waals surface area contributed by atoms with Crippen LogP contribution in [0.1, 0.15) is 44.7 Å². The highest BCUT2D eigenvalue weighted by molar-refractivity contribution is 6.34. The number of hydrogen-bond donors (Lipinski definition) is 0. The number of nitro groups is 1. The predicted molar refractivity (Wildman–Crippen MR) is 181 cm³/mol. The third kappa shape index (κ3) is 8.36. The number of hydrogen-bond acceptors (Lipinski definition) is 9. The molecular formula is C36H36ClN3O8. The highest BCUT2D eigenvalue weighted by Crippen LogP contribution is 2.34. The fourth-order valence-corrected chi connectivity index (χ4v) is 5.66.